The van der Waals surface area contributed by atoms with E-state index in [-0.39, 0.29) is 47.1 Å². The molecule has 0 saturated carbocycles. The molecule has 28 heavy (non-hydrogen) atoms. The van der Waals surface area contributed by atoms with E-state index in [1.807, 2.05) is 0 Å². The molecule has 0 N–H and O–H groups in total. The molecule has 11 heteroatoms. The number of ether oxygens (including phenoxy) is 1. The number of sulfone groups is 1. The van der Waals surface area contributed by atoms with Crippen molar-refractivity contribution in [1.29, 1.82) is 0 Å². The molecule has 142 valence electrons. The maximum atomic E-state index is 12.6. The van der Waals surface area contributed by atoms with Crippen LogP contribution in [-0.4, -0.2) is 53.9 Å². The van der Waals surface area contributed by atoms with Gasteiger partial charge in [0.05, 0.1) is 28.7 Å². The fourth-order valence-corrected chi connectivity index (χ4v) is 4.88. The van der Waals surface area contributed by atoms with Crippen LogP contribution in [0.5, 0.6) is 0 Å². The van der Waals surface area contributed by atoms with Crippen molar-refractivity contribution >= 4 is 33.8 Å². The number of fused-ring (bicyclic) bond motifs is 1. The zero-order valence-electron chi connectivity index (χ0n) is 15.2. The van der Waals surface area contributed by atoms with Gasteiger partial charge in [-0.3, -0.25) is 19.5 Å². The van der Waals surface area contributed by atoms with Crippen LogP contribution < -0.4 is 34.7 Å². The largest absolute Gasteiger partial charge is 1.00 e. The number of aliphatic carboxylic acids is 1. The van der Waals surface area contributed by atoms with Crippen molar-refractivity contribution in [3.8, 4) is 0 Å². The average Bonchev–Trinajstić information content (AvgIpc) is 2.63. The van der Waals surface area contributed by atoms with Crippen LogP contribution in [0.3, 0.4) is 0 Å². The van der Waals surface area contributed by atoms with E-state index >= 15 is 0 Å². The fourth-order valence-electron chi connectivity index (χ4n) is 2.93. The van der Waals surface area contributed by atoms with Crippen molar-refractivity contribution in [3.63, 3.8) is 0 Å². The summed E-state index contributed by atoms with van der Waals surface area (Å²) in [5.41, 5.74) is -0.463. The Labute approximate surface area is 183 Å². The summed E-state index contributed by atoms with van der Waals surface area (Å²) in [5.74, 6) is -3.75. The van der Waals surface area contributed by atoms with Gasteiger partial charge in [-0.25, -0.2) is 8.42 Å². The third-order valence-electron chi connectivity index (χ3n) is 4.14. The van der Waals surface area contributed by atoms with Gasteiger partial charge in [0.1, 0.15) is 6.61 Å². The van der Waals surface area contributed by atoms with Crippen LogP contribution in [0, 0.1) is 0 Å². The molecule has 1 aromatic heterocycles. The Kier molecular flexibility index (Phi) is 6.81. The minimum absolute atomic E-state index is 0. The van der Waals surface area contributed by atoms with Gasteiger partial charge in [0.2, 0.25) is 0 Å². The molecule has 1 atom stereocenters. The normalized spacial score (nSPS) is 21.5. The molecule has 0 aliphatic carbocycles. The number of pyridine rings is 1. The van der Waals surface area contributed by atoms with Crippen molar-refractivity contribution < 1.29 is 62.2 Å². The molecule has 9 nitrogen and oxygen atoms in total. The summed E-state index contributed by atoms with van der Waals surface area (Å²) in [4.78, 5) is 40.0. The second-order valence-corrected chi connectivity index (χ2v) is 8.00. The molecule has 2 aliphatic heterocycles. The van der Waals surface area contributed by atoms with E-state index in [0.717, 1.165) is 0 Å². The number of esters is 1. The summed E-state index contributed by atoms with van der Waals surface area (Å²) in [6.07, 6.45) is 2.84. The summed E-state index contributed by atoms with van der Waals surface area (Å²) in [6.45, 7) is 1.00. The van der Waals surface area contributed by atoms with E-state index in [1.165, 1.54) is 19.2 Å². The van der Waals surface area contributed by atoms with E-state index < -0.39 is 51.1 Å². The fraction of sp³-hybridized carbons (Fsp3) is 0.294. The Morgan fingerprint density at radius 3 is 2.68 bits per heavy atom. The Balaban J connectivity index is 0.00000280. The van der Waals surface area contributed by atoms with Crippen molar-refractivity contribution in [2.75, 3.05) is 12.4 Å². The molecule has 1 unspecified atom stereocenters. The van der Waals surface area contributed by atoms with Crippen LogP contribution >= 0.6 is 0 Å². The van der Waals surface area contributed by atoms with Gasteiger partial charge >= 0.3 is 35.5 Å². The van der Waals surface area contributed by atoms with Crippen LogP contribution in [0.4, 0.5) is 0 Å². The summed E-state index contributed by atoms with van der Waals surface area (Å²) in [7, 11) is -3.93. The molecule has 1 aromatic rings. The van der Waals surface area contributed by atoms with E-state index in [4.69, 9.17) is 4.74 Å². The number of amides is 1. The van der Waals surface area contributed by atoms with Crippen molar-refractivity contribution in [1.82, 2.24) is 9.88 Å². The molecule has 0 radical (unpaired) electrons. The van der Waals surface area contributed by atoms with E-state index in [9.17, 15) is 27.9 Å². The van der Waals surface area contributed by atoms with Gasteiger partial charge in [-0.2, -0.15) is 0 Å². The SMILES string of the molecule is CCC(=O)OCC1=C(C(=O)[O-])N2C(=O)/C(=C/c3ccccn3)C2S(=O)(=O)C1.[Na+]. The van der Waals surface area contributed by atoms with Crippen LogP contribution in [0.25, 0.3) is 6.08 Å². The van der Waals surface area contributed by atoms with Crippen molar-refractivity contribution in [2.45, 2.75) is 18.7 Å². The molecule has 0 spiro atoms. The standard InChI is InChI=1S/C17H16N2O7S.Na/c1-2-13(20)26-8-10-9-27(24,25)16-12(7-11-5-3-4-6-18-11)15(21)19(16)14(10)17(22)23;/h3-7,16H,2,8-9H2,1H3,(H,22,23);/q;+1/p-1/b12-7-;. The first-order valence-electron chi connectivity index (χ1n) is 8.03. The number of aromatic nitrogens is 1. The number of hydrogen-bond acceptors (Lipinski definition) is 8. The first kappa shape index (κ1) is 22.3. The number of carboxylic acid groups (broad SMARTS) is 1. The first-order valence-corrected chi connectivity index (χ1v) is 9.74. The Morgan fingerprint density at radius 1 is 1.39 bits per heavy atom. The maximum absolute atomic E-state index is 12.6. The second kappa shape index (κ2) is 8.56. The van der Waals surface area contributed by atoms with Crippen LogP contribution in [0.2, 0.25) is 0 Å². The number of carboxylic acids is 1. The molecule has 3 rings (SSSR count). The minimum Gasteiger partial charge on any atom is -0.543 e. The van der Waals surface area contributed by atoms with E-state index in [2.05, 4.69) is 4.98 Å². The molecule has 2 aliphatic rings. The summed E-state index contributed by atoms with van der Waals surface area (Å²) >= 11 is 0. The number of carbonyl (C=O) groups excluding carboxylic acids is 3. The molecular weight excluding hydrogens is 399 g/mol. The van der Waals surface area contributed by atoms with Gasteiger partial charge in [0.15, 0.2) is 15.2 Å². The predicted molar refractivity (Wildman–Crippen MR) is 89.9 cm³/mol. The number of rotatable bonds is 5. The van der Waals surface area contributed by atoms with Crippen LogP contribution in [0.15, 0.2) is 41.2 Å². The molecule has 0 bridgehead atoms. The first-order chi connectivity index (χ1) is 12.8. The maximum Gasteiger partial charge on any atom is 1.00 e. The quantitative estimate of drug-likeness (QED) is 0.206. The number of hydrogen-bond donors (Lipinski definition) is 0. The summed E-state index contributed by atoms with van der Waals surface area (Å²) in [5, 5.41) is 10.1. The third kappa shape index (κ3) is 4.04. The molecule has 1 saturated heterocycles. The van der Waals surface area contributed by atoms with Crippen LogP contribution in [0.1, 0.15) is 19.0 Å². The van der Waals surface area contributed by atoms with Crippen molar-refractivity contribution in [2.24, 2.45) is 0 Å². The number of β-lactam (4-membered cyclic amide) rings is 1. The zero-order valence-corrected chi connectivity index (χ0v) is 18.1. The second-order valence-electron chi connectivity index (χ2n) is 5.94. The monoisotopic (exact) mass is 414 g/mol. The van der Waals surface area contributed by atoms with Gasteiger partial charge in [-0.1, -0.05) is 13.0 Å². The van der Waals surface area contributed by atoms with Crippen molar-refractivity contribution in [3.05, 3.63) is 46.9 Å². The number of carbonyl (C=O) groups is 3. The zero-order chi connectivity index (χ0) is 19.8. The Hall–Kier alpha value is -2.01. The molecule has 0 aromatic carbocycles. The smallest absolute Gasteiger partial charge is 0.543 e. The Morgan fingerprint density at radius 2 is 2.11 bits per heavy atom. The topological polar surface area (TPSA) is 134 Å². The Bertz CT molecular complexity index is 986. The molecular formula is C17H15N2NaO7S. The summed E-state index contributed by atoms with van der Waals surface area (Å²) < 4.78 is 30.1. The minimum atomic E-state index is -3.93. The molecule has 3 heterocycles. The molecule has 1 amide bonds. The summed E-state index contributed by atoms with van der Waals surface area (Å²) in [6, 6.07) is 4.92. The van der Waals surface area contributed by atoms with Gasteiger partial charge in [0.25, 0.3) is 5.91 Å². The van der Waals surface area contributed by atoms with Gasteiger partial charge < -0.3 is 14.6 Å². The molecule has 1 fully saturated rings. The van der Waals surface area contributed by atoms with E-state index in [0.29, 0.717) is 10.6 Å². The van der Waals surface area contributed by atoms with Gasteiger partial charge in [0, 0.05) is 18.2 Å². The predicted octanol–water partition coefficient (Wildman–Crippen LogP) is -3.98. The number of nitrogens with zero attached hydrogens (tertiary/aromatic N) is 2. The van der Waals surface area contributed by atoms with Gasteiger partial charge in [-0.15, -0.1) is 0 Å². The third-order valence-corrected chi connectivity index (χ3v) is 6.03. The van der Waals surface area contributed by atoms with E-state index in [1.54, 1.807) is 18.2 Å². The van der Waals surface area contributed by atoms with Crippen LogP contribution in [-0.2, 0) is 29.0 Å². The average molecular weight is 414 g/mol. The van der Waals surface area contributed by atoms with Gasteiger partial charge in [-0.05, 0) is 18.2 Å².